The third-order valence-electron chi connectivity index (χ3n) is 6.98. The summed E-state index contributed by atoms with van der Waals surface area (Å²) < 4.78 is 28.1. The molecule has 0 saturated carbocycles. The molecule has 0 radical (unpaired) electrons. The van der Waals surface area contributed by atoms with Crippen molar-refractivity contribution in [3.05, 3.63) is 72.1 Å². The van der Waals surface area contributed by atoms with E-state index in [0.717, 1.165) is 30.8 Å². The highest BCUT2D eigenvalue weighted by molar-refractivity contribution is 7.89. The van der Waals surface area contributed by atoms with Crippen LogP contribution >= 0.6 is 0 Å². The Bertz CT molecular complexity index is 1330. The zero-order valence-electron chi connectivity index (χ0n) is 20.7. The molecule has 2 fully saturated rings. The van der Waals surface area contributed by atoms with Crippen molar-refractivity contribution in [1.29, 1.82) is 0 Å². The quantitative estimate of drug-likeness (QED) is 0.451. The van der Waals surface area contributed by atoms with Gasteiger partial charge in [-0.2, -0.15) is 4.31 Å². The summed E-state index contributed by atoms with van der Waals surface area (Å²) in [6.45, 7) is 4.15. The number of benzene rings is 2. The summed E-state index contributed by atoms with van der Waals surface area (Å²) in [6.07, 6.45) is 5.29. The molecule has 10 heteroatoms. The Morgan fingerprint density at radius 2 is 1.54 bits per heavy atom. The molecule has 1 N–H and O–H groups in total. The van der Waals surface area contributed by atoms with Crippen molar-refractivity contribution < 1.29 is 18.3 Å². The molecule has 9 nitrogen and oxygen atoms in total. The van der Waals surface area contributed by atoms with E-state index < -0.39 is 22.4 Å². The Balaban J connectivity index is 1.22. The van der Waals surface area contributed by atoms with Crippen LogP contribution in [0.3, 0.4) is 0 Å². The summed E-state index contributed by atoms with van der Waals surface area (Å²) >= 11 is 0. The number of piperazine rings is 1. The minimum absolute atomic E-state index is 0.245. The lowest BCUT2D eigenvalue weighted by molar-refractivity contribution is 0.0903. The zero-order valence-corrected chi connectivity index (χ0v) is 21.5. The van der Waals surface area contributed by atoms with Crippen LogP contribution in [0.5, 0.6) is 0 Å². The van der Waals surface area contributed by atoms with Crippen LogP contribution in [0.25, 0.3) is 11.1 Å². The fourth-order valence-electron chi connectivity index (χ4n) is 4.86. The number of hydrogen-bond acceptors (Lipinski definition) is 8. The minimum Gasteiger partial charge on any atom is -0.388 e. The van der Waals surface area contributed by atoms with Gasteiger partial charge in [0.05, 0.1) is 10.5 Å². The standard InChI is InChI=1S/C27H31N5O4S/c33-20-26(34)24-17-28-27(29-18-24)31-12-14-32(15-13-31)37(35,36)25-8-6-22(7-9-25)23-5-3-4-21(16-23)19-30-10-1-2-11-30/h3-9,16-18,33H,1-2,10-15,19-20H2. The average molecular weight is 522 g/mol. The number of rotatable bonds is 8. The van der Waals surface area contributed by atoms with Crippen LogP contribution in [0.1, 0.15) is 28.8 Å². The fourth-order valence-corrected chi connectivity index (χ4v) is 6.29. The summed E-state index contributed by atoms with van der Waals surface area (Å²) in [7, 11) is -3.63. The molecule has 3 heterocycles. The van der Waals surface area contributed by atoms with E-state index >= 15 is 0 Å². The number of hydrogen-bond donors (Lipinski definition) is 1. The minimum atomic E-state index is -3.63. The highest BCUT2D eigenvalue weighted by Crippen LogP contribution is 2.26. The van der Waals surface area contributed by atoms with Crippen LogP contribution in [0.4, 0.5) is 5.95 Å². The largest absolute Gasteiger partial charge is 0.388 e. The number of sulfonamides is 1. The molecule has 1 aromatic heterocycles. The van der Waals surface area contributed by atoms with Crippen molar-refractivity contribution in [3.8, 4) is 11.1 Å². The SMILES string of the molecule is O=C(CO)c1cnc(N2CCN(S(=O)(=O)c3ccc(-c4cccc(CN5CCCC5)c4)cc3)CC2)nc1. The van der Waals surface area contributed by atoms with Gasteiger partial charge in [-0.25, -0.2) is 18.4 Å². The molecule has 3 aromatic rings. The van der Waals surface area contributed by atoms with Gasteiger partial charge in [0.25, 0.3) is 0 Å². The van der Waals surface area contributed by atoms with Gasteiger partial charge < -0.3 is 10.0 Å². The van der Waals surface area contributed by atoms with Crippen LogP contribution in [0, 0.1) is 0 Å². The van der Waals surface area contributed by atoms with Gasteiger partial charge in [-0.05, 0) is 60.8 Å². The Kier molecular flexibility index (Phi) is 7.61. The van der Waals surface area contributed by atoms with Gasteiger partial charge in [0, 0.05) is 45.1 Å². The van der Waals surface area contributed by atoms with E-state index in [1.54, 1.807) is 12.1 Å². The molecule has 37 heavy (non-hydrogen) atoms. The number of anilines is 1. The molecule has 0 aliphatic carbocycles. The summed E-state index contributed by atoms with van der Waals surface area (Å²) in [4.78, 5) is 24.6. The molecule has 5 rings (SSSR count). The molecule has 0 spiro atoms. The molecule has 0 unspecified atom stereocenters. The summed E-state index contributed by atoms with van der Waals surface area (Å²) in [6, 6.07) is 15.6. The van der Waals surface area contributed by atoms with E-state index in [1.165, 1.54) is 35.1 Å². The number of aliphatic hydroxyl groups is 1. The first-order chi connectivity index (χ1) is 17.9. The molecular weight excluding hydrogens is 490 g/mol. The molecule has 0 amide bonds. The highest BCUT2D eigenvalue weighted by Gasteiger charge is 2.29. The van der Waals surface area contributed by atoms with Gasteiger partial charge in [0.1, 0.15) is 6.61 Å². The zero-order chi connectivity index (χ0) is 25.8. The maximum Gasteiger partial charge on any atom is 0.243 e. The highest BCUT2D eigenvalue weighted by atomic mass is 32.2. The Morgan fingerprint density at radius 3 is 2.19 bits per heavy atom. The van der Waals surface area contributed by atoms with Gasteiger partial charge in [-0.1, -0.05) is 30.3 Å². The second kappa shape index (κ2) is 11.1. The normalized spacial score (nSPS) is 17.3. The Morgan fingerprint density at radius 1 is 0.865 bits per heavy atom. The number of carbonyl (C=O) groups excluding carboxylic acids is 1. The summed E-state index contributed by atoms with van der Waals surface area (Å²) in [5.74, 6) is -0.00822. The lowest BCUT2D eigenvalue weighted by Crippen LogP contribution is -2.49. The monoisotopic (exact) mass is 521 g/mol. The van der Waals surface area contributed by atoms with E-state index in [9.17, 15) is 13.2 Å². The Labute approximate surface area is 217 Å². The molecule has 2 saturated heterocycles. The van der Waals surface area contributed by atoms with Crippen molar-refractivity contribution in [1.82, 2.24) is 19.2 Å². The first-order valence-electron chi connectivity index (χ1n) is 12.6. The average Bonchev–Trinajstić information content (AvgIpc) is 3.46. The number of ketones is 1. The van der Waals surface area contributed by atoms with E-state index in [4.69, 9.17) is 5.11 Å². The van der Waals surface area contributed by atoms with E-state index in [0.29, 0.717) is 32.1 Å². The van der Waals surface area contributed by atoms with Gasteiger partial charge in [-0.3, -0.25) is 9.69 Å². The van der Waals surface area contributed by atoms with Crippen LogP contribution in [0.2, 0.25) is 0 Å². The third-order valence-corrected chi connectivity index (χ3v) is 8.90. The molecule has 0 bridgehead atoms. The van der Waals surface area contributed by atoms with Crippen molar-refractivity contribution in [3.63, 3.8) is 0 Å². The summed E-state index contributed by atoms with van der Waals surface area (Å²) in [5, 5.41) is 8.96. The van der Waals surface area contributed by atoms with E-state index in [-0.39, 0.29) is 10.5 Å². The van der Waals surface area contributed by atoms with Gasteiger partial charge >= 0.3 is 0 Å². The van der Waals surface area contributed by atoms with E-state index in [2.05, 4.69) is 39.1 Å². The Hall–Kier alpha value is -3.18. The first-order valence-corrected chi connectivity index (χ1v) is 14.0. The van der Waals surface area contributed by atoms with Gasteiger partial charge in [0.2, 0.25) is 16.0 Å². The van der Waals surface area contributed by atoms with Crippen LogP contribution in [-0.2, 0) is 16.6 Å². The second-order valence-corrected chi connectivity index (χ2v) is 11.4. The molecular formula is C27H31N5O4S. The number of likely N-dealkylation sites (tertiary alicyclic amines) is 1. The predicted octanol–water partition coefficient (Wildman–Crippen LogP) is 2.43. The number of nitrogens with zero attached hydrogens (tertiary/aromatic N) is 5. The molecule has 2 aliphatic heterocycles. The maximum atomic E-state index is 13.3. The molecule has 2 aromatic carbocycles. The predicted molar refractivity (Wildman–Crippen MR) is 141 cm³/mol. The number of Topliss-reactive ketones (excluding diaryl/α,β-unsaturated/α-hetero) is 1. The van der Waals surface area contributed by atoms with Crippen molar-refractivity contribution in [2.24, 2.45) is 0 Å². The van der Waals surface area contributed by atoms with Gasteiger partial charge in [0.15, 0.2) is 5.78 Å². The fraction of sp³-hybridized carbons (Fsp3) is 0.370. The second-order valence-electron chi connectivity index (χ2n) is 9.45. The molecule has 2 aliphatic rings. The smallest absolute Gasteiger partial charge is 0.243 e. The van der Waals surface area contributed by atoms with Crippen LogP contribution < -0.4 is 4.90 Å². The van der Waals surface area contributed by atoms with Crippen molar-refractivity contribution >= 4 is 21.8 Å². The maximum absolute atomic E-state index is 13.3. The number of carbonyl (C=O) groups is 1. The van der Waals surface area contributed by atoms with Crippen molar-refractivity contribution in [2.75, 3.05) is 50.8 Å². The van der Waals surface area contributed by atoms with Crippen LogP contribution in [0.15, 0.2) is 65.8 Å². The van der Waals surface area contributed by atoms with Crippen LogP contribution in [-0.4, -0.2) is 84.4 Å². The van der Waals surface area contributed by atoms with E-state index in [1.807, 2.05) is 17.0 Å². The number of aliphatic hydroxyl groups excluding tert-OH is 1. The van der Waals surface area contributed by atoms with Gasteiger partial charge in [-0.15, -0.1) is 0 Å². The molecule has 194 valence electrons. The molecule has 0 atom stereocenters. The topological polar surface area (TPSA) is 107 Å². The number of aromatic nitrogens is 2. The summed E-state index contributed by atoms with van der Waals surface area (Å²) in [5.41, 5.74) is 3.59. The third kappa shape index (κ3) is 5.72. The lowest BCUT2D eigenvalue weighted by Gasteiger charge is -2.34. The lowest BCUT2D eigenvalue weighted by atomic mass is 10.0. The van der Waals surface area contributed by atoms with Crippen molar-refractivity contribution in [2.45, 2.75) is 24.3 Å². The first kappa shape index (κ1) is 25.5.